The van der Waals surface area contributed by atoms with Gasteiger partial charge in [-0.05, 0) is 47.9 Å². The van der Waals surface area contributed by atoms with Crippen molar-refractivity contribution in [3.63, 3.8) is 0 Å². The Labute approximate surface area is 201 Å². The third-order valence-electron chi connectivity index (χ3n) is 5.85. The van der Waals surface area contributed by atoms with Gasteiger partial charge in [0.25, 0.3) is 0 Å². The second kappa shape index (κ2) is 10.3. The predicted molar refractivity (Wildman–Crippen MR) is 139 cm³/mol. The van der Waals surface area contributed by atoms with E-state index in [4.69, 9.17) is 10.5 Å². The van der Waals surface area contributed by atoms with E-state index in [1.54, 1.807) is 18.3 Å². The van der Waals surface area contributed by atoms with E-state index >= 15 is 0 Å². The largest absolute Gasteiger partial charge is 0.495 e. The minimum absolute atomic E-state index is 0.0312. The Morgan fingerprint density at radius 2 is 1.76 bits per heavy atom. The molecule has 4 rings (SSSR count). The zero-order valence-electron chi connectivity index (χ0n) is 19.5. The molecule has 3 aromatic rings. The maximum absolute atomic E-state index is 12.4. The molecule has 2 heterocycles. The number of nitrogen functional groups attached to an aromatic ring is 1. The molecule has 9 heteroatoms. The maximum Gasteiger partial charge on any atom is 0.232 e. The zero-order chi connectivity index (χ0) is 24.1. The van der Waals surface area contributed by atoms with Crippen LogP contribution in [0.4, 0.5) is 17.2 Å². The van der Waals surface area contributed by atoms with Crippen LogP contribution in [0.5, 0.6) is 5.75 Å². The molecule has 0 spiro atoms. The van der Waals surface area contributed by atoms with E-state index in [9.17, 15) is 8.42 Å². The molecular weight excluding hydrogens is 450 g/mol. The van der Waals surface area contributed by atoms with Gasteiger partial charge in [0.1, 0.15) is 11.6 Å². The van der Waals surface area contributed by atoms with Crippen molar-refractivity contribution in [3.05, 3.63) is 54.7 Å². The molecule has 1 aliphatic heterocycles. The van der Waals surface area contributed by atoms with Crippen molar-refractivity contribution < 1.29 is 13.2 Å². The van der Waals surface area contributed by atoms with Crippen LogP contribution in [0.25, 0.3) is 22.3 Å². The van der Waals surface area contributed by atoms with Gasteiger partial charge in [0, 0.05) is 49.2 Å². The second-order valence-electron chi connectivity index (χ2n) is 8.28. The van der Waals surface area contributed by atoms with Crippen LogP contribution in [-0.2, 0) is 10.0 Å². The first-order valence-corrected chi connectivity index (χ1v) is 13.1. The highest BCUT2D eigenvalue weighted by Crippen LogP contribution is 2.35. The van der Waals surface area contributed by atoms with E-state index in [1.165, 1.54) is 12.8 Å². The molecule has 0 aliphatic carbocycles. The summed E-state index contributed by atoms with van der Waals surface area (Å²) in [6, 6.07) is 15.7. The summed E-state index contributed by atoms with van der Waals surface area (Å²) in [6.45, 7) is 5.79. The Balaban J connectivity index is 1.65. The number of anilines is 3. The Morgan fingerprint density at radius 1 is 1.06 bits per heavy atom. The highest BCUT2D eigenvalue weighted by molar-refractivity contribution is 7.92. The van der Waals surface area contributed by atoms with Crippen molar-refractivity contribution in [2.24, 2.45) is 0 Å². The van der Waals surface area contributed by atoms with Crippen molar-refractivity contribution in [3.8, 4) is 28.0 Å². The van der Waals surface area contributed by atoms with Gasteiger partial charge in [-0.15, -0.1) is 0 Å². The molecule has 4 N–H and O–H groups in total. The SMILES string of the molecule is CCCS(=O)(=O)Nc1cc(-c2cc(-c3ccc(N4CCNCC4)cc3)cnc2N)ccc1OC. The number of nitrogens with two attached hydrogens (primary N) is 1. The van der Waals surface area contributed by atoms with Gasteiger partial charge in [-0.2, -0.15) is 0 Å². The maximum atomic E-state index is 12.4. The molecule has 8 nitrogen and oxygen atoms in total. The van der Waals surface area contributed by atoms with E-state index in [2.05, 4.69) is 44.2 Å². The van der Waals surface area contributed by atoms with Gasteiger partial charge < -0.3 is 20.7 Å². The Bertz CT molecular complexity index is 1240. The molecule has 2 aromatic carbocycles. The van der Waals surface area contributed by atoms with Gasteiger partial charge in [0.2, 0.25) is 10.0 Å². The summed E-state index contributed by atoms with van der Waals surface area (Å²) in [7, 11) is -1.97. The second-order valence-corrected chi connectivity index (χ2v) is 10.1. The van der Waals surface area contributed by atoms with Gasteiger partial charge in [-0.1, -0.05) is 25.1 Å². The number of aromatic nitrogens is 1. The average molecular weight is 482 g/mol. The van der Waals surface area contributed by atoms with Crippen molar-refractivity contribution in [2.45, 2.75) is 13.3 Å². The molecule has 0 saturated carbocycles. The van der Waals surface area contributed by atoms with E-state index in [1.807, 2.05) is 19.1 Å². The molecule has 0 radical (unpaired) electrons. The van der Waals surface area contributed by atoms with E-state index < -0.39 is 10.0 Å². The molecule has 1 fully saturated rings. The number of piperazine rings is 1. The number of nitrogens with one attached hydrogen (secondary N) is 2. The van der Waals surface area contributed by atoms with E-state index in [0.717, 1.165) is 48.4 Å². The third kappa shape index (κ3) is 5.43. The van der Waals surface area contributed by atoms with Crippen LogP contribution in [0.15, 0.2) is 54.7 Å². The third-order valence-corrected chi connectivity index (χ3v) is 7.33. The quantitative estimate of drug-likeness (QED) is 0.451. The molecule has 0 bridgehead atoms. The van der Waals surface area contributed by atoms with Crippen molar-refractivity contribution in [1.82, 2.24) is 10.3 Å². The molecule has 1 aromatic heterocycles. The van der Waals surface area contributed by atoms with Crippen LogP contribution >= 0.6 is 0 Å². The number of hydrogen-bond donors (Lipinski definition) is 3. The molecule has 0 unspecified atom stereocenters. The standard InChI is InChI=1S/C25H31N5O3S/c1-3-14-34(31,32)29-23-16-19(6-9-24(23)33-2)22-15-20(17-28-25(22)26)18-4-7-21(8-5-18)30-12-10-27-11-13-30/h4-9,15-17,27,29H,3,10-14H2,1-2H3,(H2,26,28). The van der Waals surface area contributed by atoms with Gasteiger partial charge in [-0.3, -0.25) is 4.72 Å². The number of nitrogens with zero attached hydrogens (tertiary/aromatic N) is 2. The Hall–Kier alpha value is -3.30. The lowest BCUT2D eigenvalue weighted by atomic mass is 10.00. The molecular formula is C25H31N5O3S. The number of rotatable bonds is 8. The summed E-state index contributed by atoms with van der Waals surface area (Å²) in [4.78, 5) is 6.78. The van der Waals surface area contributed by atoms with Crippen LogP contribution in [-0.4, -0.2) is 52.4 Å². The summed E-state index contributed by atoms with van der Waals surface area (Å²) in [5, 5.41) is 3.37. The van der Waals surface area contributed by atoms with Gasteiger partial charge in [0.05, 0.1) is 18.6 Å². The number of pyridine rings is 1. The molecule has 1 aliphatic rings. The van der Waals surface area contributed by atoms with Crippen LogP contribution in [0.3, 0.4) is 0 Å². The predicted octanol–water partition coefficient (Wildman–Crippen LogP) is 3.57. The lowest BCUT2D eigenvalue weighted by Gasteiger charge is -2.29. The molecule has 34 heavy (non-hydrogen) atoms. The van der Waals surface area contributed by atoms with E-state index in [-0.39, 0.29) is 5.75 Å². The minimum atomic E-state index is -3.48. The minimum Gasteiger partial charge on any atom is -0.495 e. The first kappa shape index (κ1) is 23.8. The Kier molecular flexibility index (Phi) is 7.23. The Morgan fingerprint density at radius 3 is 2.44 bits per heavy atom. The summed E-state index contributed by atoms with van der Waals surface area (Å²) >= 11 is 0. The summed E-state index contributed by atoms with van der Waals surface area (Å²) < 4.78 is 32.7. The highest BCUT2D eigenvalue weighted by Gasteiger charge is 2.16. The van der Waals surface area contributed by atoms with Gasteiger partial charge >= 0.3 is 0 Å². The first-order chi connectivity index (χ1) is 16.4. The zero-order valence-corrected chi connectivity index (χ0v) is 20.4. The lowest BCUT2D eigenvalue weighted by Crippen LogP contribution is -2.43. The fourth-order valence-corrected chi connectivity index (χ4v) is 5.23. The normalized spacial score (nSPS) is 14.1. The molecule has 1 saturated heterocycles. The van der Waals surface area contributed by atoms with Crippen LogP contribution in [0, 0.1) is 0 Å². The molecule has 0 atom stereocenters. The monoisotopic (exact) mass is 481 g/mol. The first-order valence-electron chi connectivity index (χ1n) is 11.4. The summed E-state index contributed by atoms with van der Waals surface area (Å²) in [6.07, 6.45) is 2.27. The van der Waals surface area contributed by atoms with Crippen molar-refractivity contribution >= 4 is 27.2 Å². The average Bonchev–Trinajstić information content (AvgIpc) is 2.85. The topological polar surface area (TPSA) is 110 Å². The van der Waals surface area contributed by atoms with Crippen LogP contribution < -0.4 is 25.4 Å². The summed E-state index contributed by atoms with van der Waals surface area (Å²) in [5.74, 6) is 0.840. The number of benzene rings is 2. The molecule has 180 valence electrons. The molecule has 0 amide bonds. The fourth-order valence-electron chi connectivity index (χ4n) is 4.09. The fraction of sp³-hybridized carbons (Fsp3) is 0.320. The van der Waals surface area contributed by atoms with Gasteiger partial charge in [-0.25, -0.2) is 13.4 Å². The summed E-state index contributed by atoms with van der Waals surface area (Å²) in [5.41, 5.74) is 11.2. The number of methoxy groups -OCH3 is 1. The van der Waals surface area contributed by atoms with Crippen molar-refractivity contribution in [2.75, 3.05) is 54.4 Å². The number of hydrogen-bond acceptors (Lipinski definition) is 7. The highest BCUT2D eigenvalue weighted by atomic mass is 32.2. The lowest BCUT2D eigenvalue weighted by molar-refractivity contribution is 0.417. The van der Waals surface area contributed by atoms with Gasteiger partial charge in [0.15, 0.2) is 0 Å². The van der Waals surface area contributed by atoms with Crippen LogP contribution in [0.1, 0.15) is 13.3 Å². The smallest absolute Gasteiger partial charge is 0.232 e. The van der Waals surface area contributed by atoms with Crippen LogP contribution in [0.2, 0.25) is 0 Å². The number of sulfonamides is 1. The van der Waals surface area contributed by atoms with E-state index in [0.29, 0.717) is 23.7 Å². The van der Waals surface area contributed by atoms with Crippen molar-refractivity contribution in [1.29, 1.82) is 0 Å². The number of ether oxygens (including phenoxy) is 1.